The maximum Gasteiger partial charge on any atom is 0.314 e. The van der Waals surface area contributed by atoms with E-state index in [9.17, 15) is 14.7 Å². The van der Waals surface area contributed by atoms with Gasteiger partial charge in [0.05, 0.1) is 21.1 Å². The third-order valence-electron chi connectivity index (χ3n) is 3.98. The van der Waals surface area contributed by atoms with Crippen LogP contribution in [0.2, 0.25) is 0 Å². The van der Waals surface area contributed by atoms with Gasteiger partial charge in [0.25, 0.3) is 0 Å². The number of nitrogens with zero attached hydrogens (tertiary/aromatic N) is 1. The van der Waals surface area contributed by atoms with Gasteiger partial charge in [-0.3, -0.25) is 9.59 Å². The fraction of sp³-hybridized carbons (Fsp3) is 0.882. The Balaban J connectivity index is 4.14. The summed E-state index contributed by atoms with van der Waals surface area (Å²) in [6, 6.07) is 0. The van der Waals surface area contributed by atoms with E-state index in [4.69, 9.17) is 11.6 Å². The van der Waals surface area contributed by atoms with Gasteiger partial charge in [-0.15, -0.1) is 0 Å². The number of carbonyl (C=O) groups is 2. The summed E-state index contributed by atoms with van der Waals surface area (Å²) in [5, 5.41) is 9.27. The van der Waals surface area contributed by atoms with Gasteiger partial charge in [-0.2, -0.15) is 0 Å². The van der Waals surface area contributed by atoms with E-state index in [0.29, 0.717) is 10.9 Å². The second-order valence-corrected chi connectivity index (χ2v) is 7.52. The lowest BCUT2D eigenvalue weighted by Crippen LogP contribution is -2.44. The molecule has 22 heavy (non-hydrogen) atoms. The topological polar surface area (TPSA) is 54.4 Å². The van der Waals surface area contributed by atoms with Crippen molar-refractivity contribution in [3.8, 4) is 0 Å². The Hall–Kier alpha value is -0.610. The van der Waals surface area contributed by atoms with E-state index in [1.807, 2.05) is 21.1 Å². The Labute approximate surface area is 140 Å². The molecule has 0 aliphatic rings. The van der Waals surface area contributed by atoms with E-state index >= 15 is 0 Å². The van der Waals surface area contributed by atoms with Crippen LogP contribution in [0.4, 0.5) is 0 Å². The van der Waals surface area contributed by atoms with Crippen molar-refractivity contribution >= 4 is 23.4 Å². The molecular weight excluding hydrogens is 302 g/mol. The zero-order chi connectivity index (χ0) is 17.2. The first-order chi connectivity index (χ1) is 10.2. The zero-order valence-corrected chi connectivity index (χ0v) is 15.4. The number of aliphatic carboxylic acids is 1. The number of quaternary nitrogens is 1. The summed E-state index contributed by atoms with van der Waals surface area (Å²) in [5.41, 5.74) is -0.376. The molecule has 0 amide bonds. The van der Waals surface area contributed by atoms with Crippen LogP contribution < -0.4 is 0 Å². The van der Waals surface area contributed by atoms with Gasteiger partial charge >= 0.3 is 5.97 Å². The van der Waals surface area contributed by atoms with E-state index in [-0.39, 0.29) is 17.7 Å². The Morgan fingerprint density at radius 3 is 1.95 bits per heavy atom. The number of unbranched alkanes of at least 4 members (excludes halogenated alkanes) is 6. The number of carboxylic acid groups (broad SMARTS) is 1. The molecule has 0 radical (unpaired) electrons. The predicted molar refractivity (Wildman–Crippen MR) is 91.0 cm³/mol. The number of ketones is 1. The third-order valence-corrected chi connectivity index (χ3v) is 4.75. The zero-order valence-electron chi connectivity index (χ0n) is 14.6. The number of halogens is 1. The summed E-state index contributed by atoms with van der Waals surface area (Å²) in [5.74, 6) is -2.20. The van der Waals surface area contributed by atoms with E-state index in [2.05, 4.69) is 6.92 Å². The van der Waals surface area contributed by atoms with Gasteiger partial charge in [0.1, 0.15) is 11.7 Å². The second-order valence-electron chi connectivity index (χ2n) is 7.01. The number of hydrogen-bond acceptors (Lipinski definition) is 2. The summed E-state index contributed by atoms with van der Waals surface area (Å²) in [4.78, 5) is 23.5. The van der Waals surface area contributed by atoms with Gasteiger partial charge in [0.15, 0.2) is 5.50 Å². The maximum atomic E-state index is 12.1. The van der Waals surface area contributed by atoms with E-state index in [1.54, 1.807) is 0 Å². The van der Waals surface area contributed by atoms with E-state index in [0.717, 1.165) is 19.3 Å². The number of Topliss-reactive ketones (excluding diaryl/α,β-unsaturated/α-hetero) is 1. The highest BCUT2D eigenvalue weighted by atomic mass is 35.5. The maximum absolute atomic E-state index is 12.1. The minimum Gasteiger partial charge on any atom is -0.481 e. The van der Waals surface area contributed by atoms with Gasteiger partial charge < -0.3 is 9.59 Å². The molecule has 0 saturated heterocycles. The van der Waals surface area contributed by atoms with Crippen LogP contribution in [0.25, 0.3) is 0 Å². The highest BCUT2D eigenvalue weighted by Gasteiger charge is 2.33. The Morgan fingerprint density at radius 2 is 1.50 bits per heavy atom. The molecule has 0 aliphatic carbocycles. The van der Waals surface area contributed by atoms with Gasteiger partial charge in [-0.1, -0.05) is 57.0 Å². The smallest absolute Gasteiger partial charge is 0.314 e. The first kappa shape index (κ1) is 21.4. The van der Waals surface area contributed by atoms with Crippen LogP contribution in [0.5, 0.6) is 0 Å². The van der Waals surface area contributed by atoms with Crippen molar-refractivity contribution in [1.29, 1.82) is 0 Å². The molecule has 0 rings (SSSR count). The molecule has 5 heteroatoms. The number of hydrogen-bond donors (Lipinski definition) is 1. The Kier molecular flexibility index (Phi) is 10.7. The summed E-state index contributed by atoms with van der Waals surface area (Å²) in [6.45, 7) is 2.19. The predicted octanol–water partition coefficient (Wildman–Crippen LogP) is 4.06. The number of rotatable bonds is 13. The molecule has 1 N–H and O–H groups in total. The average molecular weight is 335 g/mol. The molecule has 130 valence electrons. The van der Waals surface area contributed by atoms with Crippen LogP contribution >= 0.6 is 11.6 Å². The molecule has 0 spiro atoms. The SMILES string of the molecule is CCCCCCCCCC(=O)[C@@H](C[C@@H](Cl)[N+](C)(C)C)C(=O)O. The number of alkyl halides is 1. The van der Waals surface area contributed by atoms with Crippen molar-refractivity contribution < 1.29 is 19.2 Å². The molecule has 0 aromatic heterocycles. The second kappa shape index (κ2) is 11.0. The highest BCUT2D eigenvalue weighted by molar-refractivity contribution is 6.20. The van der Waals surface area contributed by atoms with Crippen LogP contribution in [0.3, 0.4) is 0 Å². The normalized spacial score (nSPS) is 14.6. The van der Waals surface area contributed by atoms with Crippen LogP contribution in [-0.2, 0) is 9.59 Å². The number of carboxylic acids is 1. The van der Waals surface area contributed by atoms with Gasteiger partial charge in [0, 0.05) is 12.8 Å². The van der Waals surface area contributed by atoms with Crippen LogP contribution in [-0.4, -0.2) is 48.0 Å². The lowest BCUT2D eigenvalue weighted by atomic mass is 9.95. The largest absolute Gasteiger partial charge is 0.481 e. The highest BCUT2D eigenvalue weighted by Crippen LogP contribution is 2.21. The van der Waals surface area contributed by atoms with Crippen LogP contribution in [0.1, 0.15) is 64.7 Å². The van der Waals surface area contributed by atoms with Crippen molar-refractivity contribution in [2.45, 2.75) is 70.2 Å². The van der Waals surface area contributed by atoms with Gasteiger partial charge in [-0.25, -0.2) is 0 Å². The molecule has 0 saturated carbocycles. The van der Waals surface area contributed by atoms with Gasteiger partial charge in [-0.05, 0) is 6.42 Å². The average Bonchev–Trinajstić information content (AvgIpc) is 2.41. The first-order valence-corrected chi connectivity index (χ1v) is 8.84. The Morgan fingerprint density at radius 1 is 1.00 bits per heavy atom. The van der Waals surface area contributed by atoms with E-state index < -0.39 is 11.9 Å². The standard InChI is InChI=1S/C17H32ClNO3/c1-5-6-7-8-9-10-11-12-15(20)14(17(21)22)13-16(18)19(2,3)4/h14,16H,5-13H2,1-4H3/p+1/t14-,16+/m1/s1. The van der Waals surface area contributed by atoms with Crippen molar-refractivity contribution in [1.82, 2.24) is 0 Å². The lowest BCUT2D eigenvalue weighted by molar-refractivity contribution is -0.883. The number of carbonyl (C=O) groups excluding carboxylic acids is 1. The molecular formula is C17H33ClNO3+. The summed E-state index contributed by atoms with van der Waals surface area (Å²) >= 11 is 6.23. The fourth-order valence-corrected chi connectivity index (χ4v) is 2.49. The van der Waals surface area contributed by atoms with Crippen LogP contribution in [0.15, 0.2) is 0 Å². The third kappa shape index (κ3) is 9.42. The monoisotopic (exact) mass is 334 g/mol. The molecule has 0 aromatic rings. The minimum atomic E-state index is -1.05. The molecule has 0 bridgehead atoms. The lowest BCUT2D eigenvalue weighted by Gasteiger charge is -2.30. The Bertz CT molecular complexity index is 339. The van der Waals surface area contributed by atoms with Crippen molar-refractivity contribution in [3.63, 3.8) is 0 Å². The quantitative estimate of drug-likeness (QED) is 0.182. The van der Waals surface area contributed by atoms with Crippen molar-refractivity contribution in [2.24, 2.45) is 5.92 Å². The molecule has 4 nitrogen and oxygen atoms in total. The summed E-state index contributed by atoms with van der Waals surface area (Å²) in [6.07, 6.45) is 8.40. The molecule has 0 unspecified atom stereocenters. The van der Waals surface area contributed by atoms with Crippen LogP contribution in [0, 0.1) is 5.92 Å². The van der Waals surface area contributed by atoms with Gasteiger partial charge in [0.2, 0.25) is 0 Å². The molecule has 0 heterocycles. The van der Waals surface area contributed by atoms with Crippen molar-refractivity contribution in [3.05, 3.63) is 0 Å². The molecule has 0 fully saturated rings. The summed E-state index contributed by atoms with van der Waals surface area (Å²) < 4.78 is 0.441. The minimum absolute atomic E-state index is 0.180. The van der Waals surface area contributed by atoms with E-state index in [1.165, 1.54) is 25.7 Å². The molecule has 0 aliphatic heterocycles. The molecule has 0 aromatic carbocycles. The first-order valence-electron chi connectivity index (χ1n) is 8.40. The summed E-state index contributed by atoms with van der Waals surface area (Å²) in [7, 11) is 5.70. The molecule has 2 atom stereocenters. The fourth-order valence-electron chi connectivity index (χ4n) is 2.31. The van der Waals surface area contributed by atoms with Crippen molar-refractivity contribution in [2.75, 3.05) is 21.1 Å².